The summed E-state index contributed by atoms with van der Waals surface area (Å²) in [5.74, 6) is -0.296. The van der Waals surface area contributed by atoms with E-state index in [0.717, 1.165) is 5.56 Å². The fourth-order valence-electron chi connectivity index (χ4n) is 2.76. The van der Waals surface area contributed by atoms with E-state index < -0.39 is 5.60 Å². The molecule has 0 saturated carbocycles. The van der Waals surface area contributed by atoms with Crippen molar-refractivity contribution in [2.24, 2.45) is 5.92 Å². The standard InChI is InChI=1S/C16H22ClNO3/c1-16(20,13-7-9-21-10-8-13)15(19)18(2)11-12-3-5-14(17)6-4-12/h3-6,13,20H,7-11H2,1-2H3. The summed E-state index contributed by atoms with van der Waals surface area (Å²) in [7, 11) is 1.71. The van der Waals surface area contributed by atoms with Crippen molar-refractivity contribution in [3.05, 3.63) is 34.9 Å². The van der Waals surface area contributed by atoms with Crippen LogP contribution in [0.5, 0.6) is 0 Å². The number of nitrogens with zero attached hydrogens (tertiary/aromatic N) is 1. The Kier molecular flexibility index (Phi) is 5.25. The van der Waals surface area contributed by atoms with Crippen molar-refractivity contribution in [2.45, 2.75) is 31.9 Å². The maximum absolute atomic E-state index is 12.5. The monoisotopic (exact) mass is 311 g/mol. The van der Waals surface area contributed by atoms with E-state index in [0.29, 0.717) is 37.6 Å². The largest absolute Gasteiger partial charge is 0.381 e. The Balaban J connectivity index is 2.01. The SMILES string of the molecule is CN(Cc1ccc(Cl)cc1)C(=O)C(C)(O)C1CCOCC1. The van der Waals surface area contributed by atoms with Crippen LogP contribution >= 0.6 is 11.6 Å². The van der Waals surface area contributed by atoms with Crippen LogP contribution in [0.2, 0.25) is 5.02 Å². The second-order valence-electron chi connectivity index (χ2n) is 5.82. The summed E-state index contributed by atoms with van der Waals surface area (Å²) < 4.78 is 5.29. The van der Waals surface area contributed by atoms with Gasteiger partial charge in [-0.1, -0.05) is 23.7 Å². The summed E-state index contributed by atoms with van der Waals surface area (Å²) in [4.78, 5) is 14.1. The van der Waals surface area contributed by atoms with Gasteiger partial charge in [0.1, 0.15) is 5.60 Å². The smallest absolute Gasteiger partial charge is 0.254 e. The molecule has 116 valence electrons. The molecule has 1 unspecified atom stereocenters. The van der Waals surface area contributed by atoms with E-state index in [-0.39, 0.29) is 11.8 Å². The lowest BCUT2D eigenvalue weighted by Gasteiger charge is -2.36. The van der Waals surface area contributed by atoms with Crippen LogP contribution in [0.3, 0.4) is 0 Å². The number of rotatable bonds is 4. The summed E-state index contributed by atoms with van der Waals surface area (Å²) in [6, 6.07) is 7.36. The van der Waals surface area contributed by atoms with E-state index >= 15 is 0 Å². The lowest BCUT2D eigenvalue weighted by molar-refractivity contribution is -0.158. The minimum Gasteiger partial charge on any atom is -0.381 e. The number of carbonyl (C=O) groups is 1. The molecule has 4 nitrogen and oxygen atoms in total. The molecule has 2 rings (SSSR count). The number of carbonyl (C=O) groups excluding carboxylic acids is 1. The minimum absolute atomic E-state index is 0.0496. The third kappa shape index (κ3) is 3.96. The van der Waals surface area contributed by atoms with Crippen molar-refractivity contribution < 1.29 is 14.6 Å². The van der Waals surface area contributed by atoms with Crippen LogP contribution in [0.1, 0.15) is 25.3 Å². The Morgan fingerprint density at radius 2 is 1.95 bits per heavy atom. The number of ether oxygens (including phenoxy) is 1. The van der Waals surface area contributed by atoms with Crippen LogP contribution < -0.4 is 0 Å². The molecule has 1 fully saturated rings. The minimum atomic E-state index is -1.34. The lowest BCUT2D eigenvalue weighted by Crippen LogP contribution is -2.51. The van der Waals surface area contributed by atoms with E-state index in [1.54, 1.807) is 31.0 Å². The van der Waals surface area contributed by atoms with Gasteiger partial charge in [0.2, 0.25) is 0 Å². The van der Waals surface area contributed by atoms with Gasteiger partial charge in [-0.3, -0.25) is 4.79 Å². The molecule has 1 N–H and O–H groups in total. The fourth-order valence-corrected chi connectivity index (χ4v) is 2.88. The topological polar surface area (TPSA) is 49.8 Å². The Morgan fingerprint density at radius 3 is 2.52 bits per heavy atom. The molecule has 1 saturated heterocycles. The first-order chi connectivity index (χ1) is 9.91. The quantitative estimate of drug-likeness (QED) is 0.929. The molecular weight excluding hydrogens is 290 g/mol. The molecule has 0 bridgehead atoms. The molecule has 1 aromatic carbocycles. The van der Waals surface area contributed by atoms with Gasteiger partial charge in [-0.25, -0.2) is 0 Å². The Bertz CT molecular complexity index is 481. The van der Waals surface area contributed by atoms with Crippen LogP contribution in [-0.2, 0) is 16.1 Å². The highest BCUT2D eigenvalue weighted by molar-refractivity contribution is 6.30. The summed E-state index contributed by atoms with van der Waals surface area (Å²) in [6.45, 7) is 3.28. The molecule has 1 atom stereocenters. The first kappa shape index (κ1) is 16.3. The van der Waals surface area contributed by atoms with Crippen molar-refractivity contribution >= 4 is 17.5 Å². The molecular formula is C16H22ClNO3. The molecule has 0 radical (unpaired) electrons. The Hall–Kier alpha value is -1.10. The number of aliphatic hydroxyl groups is 1. The number of amides is 1. The number of benzene rings is 1. The molecule has 1 amide bonds. The van der Waals surface area contributed by atoms with Gasteiger partial charge in [-0.05, 0) is 37.5 Å². The fraction of sp³-hybridized carbons (Fsp3) is 0.562. The lowest BCUT2D eigenvalue weighted by atomic mass is 9.82. The molecule has 0 aliphatic carbocycles. The van der Waals surface area contributed by atoms with Gasteiger partial charge in [0.05, 0.1) is 0 Å². The van der Waals surface area contributed by atoms with Crippen LogP contribution in [-0.4, -0.2) is 41.8 Å². The highest BCUT2D eigenvalue weighted by Gasteiger charge is 2.41. The summed E-state index contributed by atoms with van der Waals surface area (Å²) in [5, 5.41) is 11.3. The molecule has 21 heavy (non-hydrogen) atoms. The third-order valence-corrected chi connectivity index (χ3v) is 4.38. The van der Waals surface area contributed by atoms with Crippen molar-refractivity contribution in [3.8, 4) is 0 Å². The van der Waals surface area contributed by atoms with Crippen molar-refractivity contribution in [1.29, 1.82) is 0 Å². The zero-order valence-electron chi connectivity index (χ0n) is 12.5. The van der Waals surface area contributed by atoms with Crippen LogP contribution in [0.15, 0.2) is 24.3 Å². The second kappa shape index (κ2) is 6.77. The molecule has 5 heteroatoms. The van der Waals surface area contributed by atoms with Gasteiger partial charge in [0.25, 0.3) is 5.91 Å². The predicted octanol–water partition coefficient (Wildman–Crippen LogP) is 2.48. The van der Waals surface area contributed by atoms with E-state index in [1.807, 2.05) is 12.1 Å². The maximum Gasteiger partial charge on any atom is 0.254 e. The number of likely N-dealkylation sites (N-methyl/N-ethyl adjacent to an activating group) is 1. The maximum atomic E-state index is 12.5. The van der Waals surface area contributed by atoms with E-state index in [9.17, 15) is 9.90 Å². The summed E-state index contributed by atoms with van der Waals surface area (Å²) in [6.07, 6.45) is 1.43. The van der Waals surface area contributed by atoms with E-state index in [2.05, 4.69) is 0 Å². The highest BCUT2D eigenvalue weighted by Crippen LogP contribution is 2.29. The average molecular weight is 312 g/mol. The predicted molar refractivity (Wildman–Crippen MR) is 82.1 cm³/mol. The molecule has 0 spiro atoms. The zero-order valence-corrected chi connectivity index (χ0v) is 13.3. The highest BCUT2D eigenvalue weighted by atomic mass is 35.5. The van der Waals surface area contributed by atoms with Crippen LogP contribution in [0.25, 0.3) is 0 Å². The van der Waals surface area contributed by atoms with Gasteiger partial charge < -0.3 is 14.7 Å². The normalized spacial score (nSPS) is 19.0. The second-order valence-corrected chi connectivity index (χ2v) is 6.26. The zero-order chi connectivity index (χ0) is 15.5. The number of hydrogen-bond donors (Lipinski definition) is 1. The van der Waals surface area contributed by atoms with Gasteiger partial charge in [0.15, 0.2) is 0 Å². The molecule has 1 aliphatic heterocycles. The summed E-state index contributed by atoms with van der Waals surface area (Å²) >= 11 is 5.85. The van der Waals surface area contributed by atoms with Crippen molar-refractivity contribution in [3.63, 3.8) is 0 Å². The molecule has 1 aliphatic rings. The Labute approximate surface area is 130 Å². The molecule has 1 aromatic rings. The average Bonchev–Trinajstić information content (AvgIpc) is 2.49. The Morgan fingerprint density at radius 1 is 1.38 bits per heavy atom. The number of halogens is 1. The summed E-state index contributed by atoms with van der Waals surface area (Å²) in [5.41, 5.74) is -0.358. The first-order valence-corrected chi connectivity index (χ1v) is 7.59. The third-order valence-electron chi connectivity index (χ3n) is 4.13. The van der Waals surface area contributed by atoms with Crippen molar-refractivity contribution in [1.82, 2.24) is 4.90 Å². The van der Waals surface area contributed by atoms with Gasteiger partial charge >= 0.3 is 0 Å². The van der Waals surface area contributed by atoms with Crippen LogP contribution in [0, 0.1) is 5.92 Å². The van der Waals surface area contributed by atoms with Crippen LogP contribution in [0.4, 0.5) is 0 Å². The van der Waals surface area contributed by atoms with Gasteiger partial charge in [-0.2, -0.15) is 0 Å². The van der Waals surface area contributed by atoms with Gasteiger partial charge in [-0.15, -0.1) is 0 Å². The van der Waals surface area contributed by atoms with E-state index in [1.165, 1.54) is 0 Å². The first-order valence-electron chi connectivity index (χ1n) is 7.21. The molecule has 0 aromatic heterocycles. The number of hydrogen-bond acceptors (Lipinski definition) is 3. The van der Waals surface area contributed by atoms with Gasteiger partial charge in [0, 0.05) is 37.7 Å². The van der Waals surface area contributed by atoms with Crippen molar-refractivity contribution in [2.75, 3.05) is 20.3 Å². The molecule has 1 heterocycles. The van der Waals surface area contributed by atoms with E-state index in [4.69, 9.17) is 16.3 Å².